The van der Waals surface area contributed by atoms with Crippen LogP contribution in [0, 0.1) is 18.8 Å². The summed E-state index contributed by atoms with van der Waals surface area (Å²) in [7, 11) is 0. The van der Waals surface area contributed by atoms with Gasteiger partial charge < -0.3 is 4.74 Å². The van der Waals surface area contributed by atoms with Gasteiger partial charge in [-0.25, -0.2) is 4.98 Å². The number of ether oxygens (including phenoxy) is 1. The summed E-state index contributed by atoms with van der Waals surface area (Å²) in [5.74, 6) is 1.81. The van der Waals surface area contributed by atoms with Crippen LogP contribution in [0.5, 0.6) is 5.75 Å². The monoisotopic (exact) mass is 318 g/mol. The lowest BCUT2D eigenvalue weighted by Gasteiger charge is -2.15. The minimum atomic E-state index is 0.406. The molecule has 0 aliphatic rings. The first-order chi connectivity index (χ1) is 10.5. The summed E-state index contributed by atoms with van der Waals surface area (Å²) in [5.41, 5.74) is 2.80. The Morgan fingerprint density at radius 2 is 1.95 bits per heavy atom. The molecule has 0 saturated carbocycles. The van der Waals surface area contributed by atoms with E-state index >= 15 is 0 Å². The van der Waals surface area contributed by atoms with Gasteiger partial charge in [0.05, 0.1) is 12.3 Å². The van der Waals surface area contributed by atoms with Gasteiger partial charge in [-0.2, -0.15) is 0 Å². The van der Waals surface area contributed by atoms with Gasteiger partial charge in [0.15, 0.2) is 10.9 Å². The molecule has 0 amide bonds. The molecule has 0 spiro atoms. The zero-order valence-corrected chi connectivity index (χ0v) is 14.4. The van der Waals surface area contributed by atoms with Crippen molar-refractivity contribution in [2.45, 2.75) is 34.1 Å². The molecular formula is C18H23ClN2O. The van der Waals surface area contributed by atoms with Crippen LogP contribution in [0.15, 0.2) is 30.5 Å². The van der Waals surface area contributed by atoms with E-state index in [1.54, 1.807) is 6.20 Å². The van der Waals surface area contributed by atoms with E-state index in [-0.39, 0.29) is 0 Å². The molecule has 0 bridgehead atoms. The predicted octanol–water partition coefficient (Wildman–Crippen LogP) is 5.17. The maximum Gasteiger partial charge on any atom is 0.171 e. The number of hydrogen-bond acceptors (Lipinski definition) is 3. The molecule has 0 radical (unpaired) electrons. The Kier molecular flexibility index (Phi) is 5.78. The molecule has 22 heavy (non-hydrogen) atoms. The van der Waals surface area contributed by atoms with Crippen molar-refractivity contribution in [3.63, 3.8) is 0 Å². The third-order valence-electron chi connectivity index (χ3n) is 3.40. The van der Waals surface area contributed by atoms with Gasteiger partial charge in [-0.1, -0.05) is 32.4 Å². The van der Waals surface area contributed by atoms with Crippen molar-refractivity contribution in [2.75, 3.05) is 6.61 Å². The molecule has 0 aliphatic carbocycles. The second-order valence-electron chi connectivity index (χ2n) is 6.22. The van der Waals surface area contributed by atoms with Crippen molar-refractivity contribution in [2.24, 2.45) is 11.8 Å². The van der Waals surface area contributed by atoms with Crippen LogP contribution in [-0.4, -0.2) is 16.6 Å². The third kappa shape index (κ3) is 4.70. The highest BCUT2D eigenvalue weighted by molar-refractivity contribution is 6.30. The van der Waals surface area contributed by atoms with Crippen LogP contribution < -0.4 is 4.74 Å². The van der Waals surface area contributed by atoms with Crippen molar-refractivity contribution in [1.29, 1.82) is 0 Å². The first-order valence-electron chi connectivity index (χ1n) is 7.68. The second kappa shape index (κ2) is 7.59. The third-order valence-corrected chi connectivity index (χ3v) is 3.67. The Labute approximate surface area is 137 Å². The first kappa shape index (κ1) is 16.8. The number of rotatable bonds is 6. The lowest BCUT2D eigenvalue weighted by molar-refractivity contribution is 0.238. The Morgan fingerprint density at radius 3 is 2.59 bits per heavy atom. The van der Waals surface area contributed by atoms with E-state index in [0.29, 0.717) is 29.3 Å². The van der Waals surface area contributed by atoms with E-state index in [0.717, 1.165) is 23.4 Å². The van der Waals surface area contributed by atoms with Crippen molar-refractivity contribution in [1.82, 2.24) is 9.97 Å². The molecule has 2 rings (SSSR count). The van der Waals surface area contributed by atoms with E-state index in [2.05, 4.69) is 30.7 Å². The van der Waals surface area contributed by atoms with Gasteiger partial charge in [0.2, 0.25) is 0 Å². The molecule has 0 saturated heterocycles. The molecule has 2 aromatic heterocycles. The van der Waals surface area contributed by atoms with Crippen molar-refractivity contribution in [3.8, 4) is 17.0 Å². The van der Waals surface area contributed by atoms with Crippen molar-refractivity contribution < 1.29 is 4.74 Å². The lowest BCUT2D eigenvalue weighted by Crippen LogP contribution is -2.11. The van der Waals surface area contributed by atoms with E-state index in [9.17, 15) is 0 Å². The normalized spacial score (nSPS) is 12.5. The van der Waals surface area contributed by atoms with Gasteiger partial charge in [0, 0.05) is 17.5 Å². The molecule has 4 heteroatoms. The van der Waals surface area contributed by atoms with E-state index < -0.39 is 0 Å². The average Bonchev–Trinajstić information content (AvgIpc) is 2.45. The molecule has 0 N–H and O–H groups in total. The van der Waals surface area contributed by atoms with Crippen LogP contribution in [0.3, 0.4) is 0 Å². The number of halogens is 1. The van der Waals surface area contributed by atoms with Crippen molar-refractivity contribution in [3.05, 3.63) is 41.3 Å². The largest absolute Gasteiger partial charge is 0.490 e. The summed E-state index contributed by atoms with van der Waals surface area (Å²) in [4.78, 5) is 8.63. The highest BCUT2D eigenvalue weighted by Gasteiger charge is 2.10. The highest BCUT2D eigenvalue weighted by Crippen LogP contribution is 2.27. The molecule has 0 fully saturated rings. The van der Waals surface area contributed by atoms with Crippen LogP contribution >= 0.6 is 11.6 Å². The quantitative estimate of drug-likeness (QED) is 0.689. The zero-order valence-electron chi connectivity index (χ0n) is 13.6. The van der Waals surface area contributed by atoms with Crippen LogP contribution in [0.4, 0.5) is 0 Å². The summed E-state index contributed by atoms with van der Waals surface area (Å²) < 4.78 is 5.81. The topological polar surface area (TPSA) is 35.0 Å². The number of hydrogen-bond donors (Lipinski definition) is 0. The molecule has 118 valence electrons. The van der Waals surface area contributed by atoms with Crippen LogP contribution in [0.2, 0.25) is 5.15 Å². The number of aromatic nitrogens is 2. The summed E-state index contributed by atoms with van der Waals surface area (Å²) in [6.07, 6.45) is 2.91. The minimum absolute atomic E-state index is 0.406. The minimum Gasteiger partial charge on any atom is -0.490 e. The fourth-order valence-electron chi connectivity index (χ4n) is 2.50. The second-order valence-corrected chi connectivity index (χ2v) is 6.58. The van der Waals surface area contributed by atoms with Gasteiger partial charge in [0.25, 0.3) is 0 Å². The SMILES string of the molecule is Cc1cc(-c2ccc(OCC(C)CC(C)C)c(Cl)n2)ccn1. The van der Waals surface area contributed by atoms with Crippen LogP contribution in [0.25, 0.3) is 11.3 Å². The van der Waals surface area contributed by atoms with E-state index in [1.165, 1.54) is 0 Å². The Bertz CT molecular complexity index is 628. The maximum atomic E-state index is 6.26. The van der Waals surface area contributed by atoms with Crippen molar-refractivity contribution >= 4 is 11.6 Å². The zero-order chi connectivity index (χ0) is 16.1. The average molecular weight is 319 g/mol. The van der Waals surface area contributed by atoms with E-state index in [1.807, 2.05) is 31.2 Å². The number of aryl methyl sites for hydroxylation is 1. The van der Waals surface area contributed by atoms with Gasteiger partial charge in [0.1, 0.15) is 0 Å². The summed E-state index contributed by atoms with van der Waals surface area (Å²) >= 11 is 6.26. The molecule has 1 atom stereocenters. The molecule has 2 heterocycles. The molecule has 1 unspecified atom stereocenters. The van der Waals surface area contributed by atoms with Crippen LogP contribution in [-0.2, 0) is 0 Å². The summed E-state index contributed by atoms with van der Waals surface area (Å²) in [6.45, 7) is 9.24. The molecule has 3 nitrogen and oxygen atoms in total. The Hall–Kier alpha value is -1.61. The first-order valence-corrected chi connectivity index (χ1v) is 8.06. The fraction of sp³-hybridized carbons (Fsp3) is 0.444. The molecule has 2 aromatic rings. The van der Waals surface area contributed by atoms with Gasteiger partial charge in [-0.15, -0.1) is 0 Å². The Balaban J connectivity index is 2.07. The standard InChI is InChI=1S/C18H23ClN2O/c1-12(2)9-13(3)11-22-17-6-5-16(21-18(17)19)15-7-8-20-14(4)10-15/h5-8,10,12-13H,9,11H2,1-4H3. The lowest BCUT2D eigenvalue weighted by atomic mass is 10.00. The van der Waals surface area contributed by atoms with Crippen LogP contribution in [0.1, 0.15) is 32.9 Å². The number of nitrogens with zero attached hydrogens (tertiary/aromatic N) is 2. The highest BCUT2D eigenvalue weighted by atomic mass is 35.5. The summed E-state index contributed by atoms with van der Waals surface area (Å²) in [5, 5.41) is 0.406. The molecule has 0 aromatic carbocycles. The van der Waals surface area contributed by atoms with Gasteiger partial charge in [-0.05, 0) is 49.4 Å². The fourth-order valence-corrected chi connectivity index (χ4v) is 2.71. The smallest absolute Gasteiger partial charge is 0.171 e. The molecule has 0 aliphatic heterocycles. The predicted molar refractivity (Wildman–Crippen MR) is 91.3 cm³/mol. The number of pyridine rings is 2. The van der Waals surface area contributed by atoms with Gasteiger partial charge in [-0.3, -0.25) is 4.98 Å². The van der Waals surface area contributed by atoms with E-state index in [4.69, 9.17) is 16.3 Å². The maximum absolute atomic E-state index is 6.26. The molecular weight excluding hydrogens is 296 g/mol. The Morgan fingerprint density at radius 1 is 1.18 bits per heavy atom. The summed E-state index contributed by atoms with van der Waals surface area (Å²) in [6, 6.07) is 7.74. The van der Waals surface area contributed by atoms with Gasteiger partial charge >= 0.3 is 0 Å².